The van der Waals surface area contributed by atoms with E-state index in [0.717, 1.165) is 11.4 Å². The lowest BCUT2D eigenvalue weighted by molar-refractivity contribution is -0.135. The minimum absolute atomic E-state index is 0.00989. The third-order valence-electron chi connectivity index (χ3n) is 4.89. The minimum atomic E-state index is -0.234. The van der Waals surface area contributed by atoms with Crippen LogP contribution >= 0.6 is 0 Å². The molecule has 1 saturated heterocycles. The van der Waals surface area contributed by atoms with Gasteiger partial charge < -0.3 is 20.3 Å². The Morgan fingerprint density at radius 3 is 2.13 bits per heavy atom. The van der Waals surface area contributed by atoms with Crippen LogP contribution in [0.4, 0.5) is 11.4 Å². The number of amides is 2. The average Bonchev–Trinajstić information content (AvgIpc) is 2.73. The van der Waals surface area contributed by atoms with Crippen molar-refractivity contribution in [3.8, 4) is 5.75 Å². The average molecular weight is 425 g/mol. The van der Waals surface area contributed by atoms with Crippen LogP contribution in [0.25, 0.3) is 0 Å². The maximum absolute atomic E-state index is 12.5. The molecule has 1 aliphatic rings. The van der Waals surface area contributed by atoms with Gasteiger partial charge in [0.1, 0.15) is 5.75 Å². The molecule has 0 atom stereocenters. The number of nitrogens with zero attached hydrogens (tertiary/aromatic N) is 2. The van der Waals surface area contributed by atoms with Crippen molar-refractivity contribution in [2.75, 3.05) is 44.6 Å². The molecule has 1 heterocycles. The van der Waals surface area contributed by atoms with Gasteiger partial charge in [0.25, 0.3) is 5.91 Å². The third kappa shape index (κ3) is 7.61. The highest BCUT2D eigenvalue weighted by Crippen LogP contribution is 2.20. The molecular formula is C24H32N4O3. The molecule has 0 radical (unpaired) electrons. The van der Waals surface area contributed by atoms with Crippen LogP contribution < -0.4 is 15.4 Å². The maximum atomic E-state index is 12.5. The Morgan fingerprint density at radius 2 is 1.52 bits per heavy atom. The number of benzene rings is 2. The SMILES string of the molecule is CC(C)(C)NC(=O)CN1CCN(C(=O)COc2ccc(Nc3ccccc3)cc2)CC1. The number of anilines is 2. The van der Waals surface area contributed by atoms with E-state index in [-0.39, 0.29) is 24.0 Å². The first-order valence-corrected chi connectivity index (χ1v) is 10.6. The van der Waals surface area contributed by atoms with Gasteiger partial charge in [0, 0.05) is 43.1 Å². The molecule has 0 unspecified atom stereocenters. The van der Waals surface area contributed by atoms with E-state index in [1.54, 1.807) is 4.90 Å². The van der Waals surface area contributed by atoms with E-state index in [1.165, 1.54) is 0 Å². The summed E-state index contributed by atoms with van der Waals surface area (Å²) in [5, 5.41) is 6.28. The summed E-state index contributed by atoms with van der Waals surface area (Å²) in [6, 6.07) is 17.5. The van der Waals surface area contributed by atoms with Gasteiger partial charge >= 0.3 is 0 Å². The zero-order chi connectivity index (χ0) is 22.3. The molecule has 7 nitrogen and oxygen atoms in total. The van der Waals surface area contributed by atoms with Gasteiger partial charge in [-0.3, -0.25) is 14.5 Å². The summed E-state index contributed by atoms with van der Waals surface area (Å²) in [7, 11) is 0. The number of ether oxygens (including phenoxy) is 1. The molecule has 0 saturated carbocycles. The van der Waals surface area contributed by atoms with E-state index in [9.17, 15) is 9.59 Å². The molecule has 0 spiro atoms. The lowest BCUT2D eigenvalue weighted by Crippen LogP contribution is -2.53. The Morgan fingerprint density at radius 1 is 0.903 bits per heavy atom. The number of rotatable bonds is 7. The third-order valence-corrected chi connectivity index (χ3v) is 4.89. The molecule has 166 valence electrons. The summed E-state index contributed by atoms with van der Waals surface area (Å²) in [5.74, 6) is 0.635. The zero-order valence-corrected chi connectivity index (χ0v) is 18.6. The molecule has 0 aliphatic carbocycles. The number of nitrogens with one attached hydrogen (secondary N) is 2. The predicted molar refractivity (Wildman–Crippen MR) is 123 cm³/mol. The van der Waals surface area contributed by atoms with Crippen molar-refractivity contribution in [2.45, 2.75) is 26.3 Å². The summed E-state index contributed by atoms with van der Waals surface area (Å²) < 4.78 is 5.68. The summed E-state index contributed by atoms with van der Waals surface area (Å²) in [5.41, 5.74) is 1.74. The van der Waals surface area contributed by atoms with Crippen LogP contribution in [0.5, 0.6) is 5.75 Å². The molecule has 3 rings (SSSR count). The van der Waals surface area contributed by atoms with Gasteiger partial charge in [0.2, 0.25) is 5.91 Å². The molecule has 31 heavy (non-hydrogen) atoms. The van der Waals surface area contributed by atoms with Gasteiger partial charge in [-0.25, -0.2) is 0 Å². The highest BCUT2D eigenvalue weighted by molar-refractivity contribution is 5.79. The second-order valence-corrected chi connectivity index (χ2v) is 8.76. The molecule has 1 aliphatic heterocycles. The molecular weight excluding hydrogens is 392 g/mol. The first-order valence-electron chi connectivity index (χ1n) is 10.6. The van der Waals surface area contributed by atoms with E-state index >= 15 is 0 Å². The lowest BCUT2D eigenvalue weighted by Gasteiger charge is -2.34. The maximum Gasteiger partial charge on any atom is 0.260 e. The number of carbonyl (C=O) groups excluding carboxylic acids is 2. The number of carbonyl (C=O) groups is 2. The standard InChI is InChI=1S/C24H32N4O3/c1-24(2,3)26-22(29)17-27-13-15-28(16-14-27)23(30)18-31-21-11-9-20(10-12-21)25-19-7-5-4-6-8-19/h4-12,25H,13-18H2,1-3H3,(H,26,29). The van der Waals surface area contributed by atoms with E-state index in [4.69, 9.17) is 4.74 Å². The summed E-state index contributed by atoms with van der Waals surface area (Å²) in [4.78, 5) is 28.4. The second-order valence-electron chi connectivity index (χ2n) is 8.76. The van der Waals surface area contributed by atoms with Crippen molar-refractivity contribution >= 4 is 23.2 Å². The van der Waals surface area contributed by atoms with Crippen molar-refractivity contribution in [1.82, 2.24) is 15.1 Å². The molecule has 7 heteroatoms. The largest absolute Gasteiger partial charge is 0.484 e. The Bertz CT molecular complexity index is 855. The highest BCUT2D eigenvalue weighted by Gasteiger charge is 2.23. The summed E-state index contributed by atoms with van der Waals surface area (Å²) >= 11 is 0. The molecule has 2 aromatic rings. The van der Waals surface area contributed by atoms with Crippen molar-refractivity contribution in [2.24, 2.45) is 0 Å². The zero-order valence-electron chi connectivity index (χ0n) is 18.6. The van der Waals surface area contributed by atoms with Gasteiger partial charge in [-0.1, -0.05) is 18.2 Å². The van der Waals surface area contributed by atoms with Crippen molar-refractivity contribution < 1.29 is 14.3 Å². The second kappa shape index (κ2) is 10.3. The van der Waals surface area contributed by atoms with Crippen LogP contribution in [0, 0.1) is 0 Å². The number of para-hydroxylation sites is 1. The fourth-order valence-electron chi connectivity index (χ4n) is 3.38. The van der Waals surface area contributed by atoms with Crippen molar-refractivity contribution in [3.05, 3.63) is 54.6 Å². The van der Waals surface area contributed by atoms with Gasteiger partial charge in [-0.15, -0.1) is 0 Å². The number of piperazine rings is 1. The summed E-state index contributed by atoms with van der Waals surface area (Å²) in [6.07, 6.45) is 0. The fourth-order valence-corrected chi connectivity index (χ4v) is 3.38. The normalized spacial score (nSPS) is 14.7. The number of hydrogen-bond donors (Lipinski definition) is 2. The molecule has 2 aromatic carbocycles. The van der Waals surface area contributed by atoms with Crippen LogP contribution in [0.1, 0.15) is 20.8 Å². The Kier molecular flexibility index (Phi) is 7.52. The van der Waals surface area contributed by atoms with Crippen LogP contribution in [0.2, 0.25) is 0 Å². The van der Waals surface area contributed by atoms with Crippen LogP contribution in [0.3, 0.4) is 0 Å². The highest BCUT2D eigenvalue weighted by atomic mass is 16.5. The Labute approximate surface area is 184 Å². The number of hydrogen-bond acceptors (Lipinski definition) is 5. The molecule has 2 N–H and O–H groups in total. The van der Waals surface area contributed by atoms with Gasteiger partial charge in [-0.05, 0) is 57.2 Å². The molecule has 1 fully saturated rings. The van der Waals surface area contributed by atoms with E-state index < -0.39 is 0 Å². The first kappa shape index (κ1) is 22.6. The Balaban J connectivity index is 1.39. The van der Waals surface area contributed by atoms with E-state index in [2.05, 4.69) is 15.5 Å². The van der Waals surface area contributed by atoms with E-state index in [0.29, 0.717) is 38.5 Å². The summed E-state index contributed by atoms with van der Waals surface area (Å²) in [6.45, 7) is 8.84. The van der Waals surface area contributed by atoms with Crippen LogP contribution in [0.15, 0.2) is 54.6 Å². The van der Waals surface area contributed by atoms with E-state index in [1.807, 2.05) is 75.4 Å². The topological polar surface area (TPSA) is 73.9 Å². The van der Waals surface area contributed by atoms with Gasteiger partial charge in [0.15, 0.2) is 6.61 Å². The minimum Gasteiger partial charge on any atom is -0.484 e. The van der Waals surface area contributed by atoms with Crippen LogP contribution in [-0.2, 0) is 9.59 Å². The monoisotopic (exact) mass is 424 g/mol. The molecule has 2 amide bonds. The smallest absolute Gasteiger partial charge is 0.260 e. The molecule has 0 bridgehead atoms. The predicted octanol–water partition coefficient (Wildman–Crippen LogP) is 2.87. The van der Waals surface area contributed by atoms with Crippen molar-refractivity contribution in [3.63, 3.8) is 0 Å². The van der Waals surface area contributed by atoms with Crippen molar-refractivity contribution in [1.29, 1.82) is 0 Å². The first-order chi connectivity index (χ1) is 14.8. The fraction of sp³-hybridized carbons (Fsp3) is 0.417. The molecule has 0 aromatic heterocycles. The van der Waals surface area contributed by atoms with Gasteiger partial charge in [-0.2, -0.15) is 0 Å². The Hall–Kier alpha value is -3.06. The van der Waals surface area contributed by atoms with Crippen LogP contribution in [-0.4, -0.2) is 66.5 Å². The quantitative estimate of drug-likeness (QED) is 0.715. The van der Waals surface area contributed by atoms with Gasteiger partial charge in [0.05, 0.1) is 6.54 Å². The lowest BCUT2D eigenvalue weighted by atomic mass is 10.1.